The van der Waals surface area contributed by atoms with E-state index in [-0.39, 0.29) is 11.7 Å². The van der Waals surface area contributed by atoms with Gasteiger partial charge in [-0.1, -0.05) is 37.6 Å². The Bertz CT molecular complexity index is 513. The van der Waals surface area contributed by atoms with Crippen LogP contribution in [0.4, 0.5) is 0 Å². The van der Waals surface area contributed by atoms with E-state index in [1.165, 1.54) is 0 Å². The summed E-state index contributed by atoms with van der Waals surface area (Å²) in [5.74, 6) is 0.110. The third kappa shape index (κ3) is 1.77. The van der Waals surface area contributed by atoms with Crippen molar-refractivity contribution >= 4 is 28.3 Å². The summed E-state index contributed by atoms with van der Waals surface area (Å²) in [6, 6.07) is 7.48. The molecular formula is C12H12ClNO. The van der Waals surface area contributed by atoms with Crippen molar-refractivity contribution in [2.45, 2.75) is 13.8 Å². The topological polar surface area (TPSA) is 32.9 Å². The molecule has 0 saturated heterocycles. The molecule has 1 aromatic heterocycles. The summed E-state index contributed by atoms with van der Waals surface area (Å²) in [6.07, 6.45) is 0. The highest BCUT2D eigenvalue weighted by molar-refractivity contribution is 6.35. The Morgan fingerprint density at radius 3 is 2.73 bits per heavy atom. The predicted molar refractivity (Wildman–Crippen MR) is 62.5 cm³/mol. The van der Waals surface area contributed by atoms with Gasteiger partial charge >= 0.3 is 0 Å². The molecule has 0 aliphatic rings. The molecule has 0 unspecified atom stereocenters. The minimum Gasteiger partial charge on any atom is -0.351 e. The fourth-order valence-corrected chi connectivity index (χ4v) is 1.79. The van der Waals surface area contributed by atoms with Gasteiger partial charge in [-0.3, -0.25) is 4.79 Å². The second kappa shape index (κ2) is 3.70. The molecule has 0 atom stereocenters. The minimum absolute atomic E-state index is 0.00293. The molecule has 0 fully saturated rings. The summed E-state index contributed by atoms with van der Waals surface area (Å²) >= 11 is 6.01. The third-order valence-electron chi connectivity index (χ3n) is 2.40. The van der Waals surface area contributed by atoms with E-state index in [1.54, 1.807) is 0 Å². The summed E-state index contributed by atoms with van der Waals surface area (Å²) in [7, 11) is 0. The maximum absolute atomic E-state index is 11.8. The molecule has 0 aliphatic carbocycles. The Morgan fingerprint density at radius 1 is 1.40 bits per heavy atom. The fourth-order valence-electron chi connectivity index (χ4n) is 1.56. The molecule has 0 bridgehead atoms. The molecule has 2 rings (SSSR count). The van der Waals surface area contributed by atoms with Crippen LogP contribution in [0.3, 0.4) is 0 Å². The molecular weight excluding hydrogens is 210 g/mol. The second-order valence-electron chi connectivity index (χ2n) is 3.91. The molecule has 0 amide bonds. The van der Waals surface area contributed by atoms with Crippen molar-refractivity contribution in [2.75, 3.05) is 0 Å². The number of para-hydroxylation sites is 1. The molecule has 0 spiro atoms. The van der Waals surface area contributed by atoms with E-state index in [9.17, 15) is 4.79 Å². The lowest BCUT2D eigenvalue weighted by Gasteiger charge is -1.99. The molecule has 0 radical (unpaired) electrons. The van der Waals surface area contributed by atoms with Crippen molar-refractivity contribution in [2.24, 2.45) is 5.92 Å². The Hall–Kier alpha value is -1.28. The lowest BCUT2D eigenvalue weighted by Crippen LogP contribution is -2.07. The van der Waals surface area contributed by atoms with Crippen molar-refractivity contribution in [3.8, 4) is 0 Å². The molecule has 3 heteroatoms. The van der Waals surface area contributed by atoms with Gasteiger partial charge < -0.3 is 4.98 Å². The summed E-state index contributed by atoms with van der Waals surface area (Å²) in [6.45, 7) is 3.77. The summed E-state index contributed by atoms with van der Waals surface area (Å²) in [5.41, 5.74) is 1.47. The first-order chi connectivity index (χ1) is 7.09. The first-order valence-electron chi connectivity index (χ1n) is 4.91. The van der Waals surface area contributed by atoms with E-state index in [2.05, 4.69) is 4.98 Å². The van der Waals surface area contributed by atoms with Gasteiger partial charge in [-0.15, -0.1) is 0 Å². The van der Waals surface area contributed by atoms with E-state index < -0.39 is 0 Å². The van der Waals surface area contributed by atoms with Crippen LogP contribution in [0.15, 0.2) is 24.3 Å². The predicted octanol–water partition coefficient (Wildman–Crippen LogP) is 3.66. The van der Waals surface area contributed by atoms with E-state index in [1.807, 2.05) is 38.1 Å². The zero-order valence-electron chi connectivity index (χ0n) is 8.67. The quantitative estimate of drug-likeness (QED) is 0.772. The monoisotopic (exact) mass is 221 g/mol. The highest BCUT2D eigenvalue weighted by Crippen LogP contribution is 2.24. The van der Waals surface area contributed by atoms with Gasteiger partial charge in [-0.25, -0.2) is 0 Å². The van der Waals surface area contributed by atoms with Crippen molar-refractivity contribution in [3.05, 3.63) is 35.0 Å². The highest BCUT2D eigenvalue weighted by Gasteiger charge is 2.13. The van der Waals surface area contributed by atoms with Crippen LogP contribution < -0.4 is 0 Å². The molecule has 0 saturated carbocycles. The summed E-state index contributed by atoms with van der Waals surface area (Å²) in [4.78, 5) is 14.8. The number of benzene rings is 1. The van der Waals surface area contributed by atoms with Gasteiger partial charge in [0.1, 0.15) is 0 Å². The van der Waals surface area contributed by atoms with Crippen molar-refractivity contribution < 1.29 is 4.79 Å². The Morgan fingerprint density at radius 2 is 2.13 bits per heavy atom. The lowest BCUT2D eigenvalue weighted by atomic mass is 10.1. The number of ketones is 1. The van der Waals surface area contributed by atoms with Gasteiger partial charge in [0.15, 0.2) is 5.78 Å². The first kappa shape index (κ1) is 10.2. The first-order valence-corrected chi connectivity index (χ1v) is 5.29. The van der Waals surface area contributed by atoms with Gasteiger partial charge in [0.05, 0.1) is 16.2 Å². The average Bonchev–Trinajstić information content (AvgIpc) is 2.61. The molecule has 1 aromatic carbocycles. The minimum atomic E-state index is -0.00293. The molecule has 78 valence electrons. The molecule has 2 aromatic rings. The number of hydrogen-bond acceptors (Lipinski definition) is 1. The number of Topliss-reactive ketones (excluding diaryl/α,β-unsaturated/α-hetero) is 1. The van der Waals surface area contributed by atoms with Crippen LogP contribution in [0, 0.1) is 5.92 Å². The van der Waals surface area contributed by atoms with Crippen LogP contribution in [0.1, 0.15) is 24.3 Å². The zero-order valence-corrected chi connectivity index (χ0v) is 9.43. The fraction of sp³-hybridized carbons (Fsp3) is 0.250. The summed E-state index contributed by atoms with van der Waals surface area (Å²) < 4.78 is 0. The van der Waals surface area contributed by atoms with Gasteiger partial charge in [0, 0.05) is 11.3 Å². The zero-order chi connectivity index (χ0) is 11.0. The van der Waals surface area contributed by atoms with Gasteiger partial charge in [0.2, 0.25) is 0 Å². The van der Waals surface area contributed by atoms with Crippen molar-refractivity contribution in [1.82, 2.24) is 4.98 Å². The lowest BCUT2D eigenvalue weighted by molar-refractivity contribution is 0.0935. The average molecular weight is 222 g/mol. The smallest absolute Gasteiger partial charge is 0.181 e. The Labute approximate surface area is 93.2 Å². The number of rotatable bonds is 2. The van der Waals surface area contributed by atoms with Crippen LogP contribution in [-0.2, 0) is 0 Å². The van der Waals surface area contributed by atoms with Crippen LogP contribution in [-0.4, -0.2) is 10.8 Å². The van der Waals surface area contributed by atoms with E-state index in [0.717, 1.165) is 10.9 Å². The number of halogens is 1. The van der Waals surface area contributed by atoms with Gasteiger partial charge in [0.25, 0.3) is 0 Å². The number of nitrogens with one attached hydrogen (secondary N) is 1. The molecule has 1 heterocycles. The van der Waals surface area contributed by atoms with Crippen LogP contribution in [0.2, 0.25) is 5.02 Å². The largest absolute Gasteiger partial charge is 0.351 e. The highest BCUT2D eigenvalue weighted by atomic mass is 35.5. The summed E-state index contributed by atoms with van der Waals surface area (Å²) in [5, 5.41) is 1.63. The maximum Gasteiger partial charge on any atom is 0.181 e. The van der Waals surface area contributed by atoms with E-state index in [4.69, 9.17) is 11.6 Å². The number of carbonyl (C=O) groups excluding carboxylic acids is 1. The number of hydrogen-bond donors (Lipinski definition) is 1. The Kier molecular flexibility index (Phi) is 2.53. The maximum atomic E-state index is 11.8. The van der Waals surface area contributed by atoms with Crippen LogP contribution in [0.5, 0.6) is 0 Å². The van der Waals surface area contributed by atoms with Crippen LogP contribution in [0.25, 0.3) is 10.9 Å². The Balaban J connectivity index is 2.57. The second-order valence-corrected chi connectivity index (χ2v) is 4.31. The molecule has 1 N–H and O–H groups in total. The van der Waals surface area contributed by atoms with E-state index >= 15 is 0 Å². The number of aromatic amines is 1. The third-order valence-corrected chi connectivity index (χ3v) is 2.71. The van der Waals surface area contributed by atoms with Gasteiger partial charge in [-0.05, 0) is 12.1 Å². The van der Waals surface area contributed by atoms with Gasteiger partial charge in [-0.2, -0.15) is 0 Å². The number of fused-ring (bicyclic) bond motifs is 1. The number of carbonyl (C=O) groups is 1. The molecule has 15 heavy (non-hydrogen) atoms. The standard InChI is InChI=1S/C12H12ClNO/c1-7(2)12(15)10-6-8-4-3-5-9(13)11(8)14-10/h3-7,14H,1-2H3. The van der Waals surface area contributed by atoms with Crippen LogP contribution >= 0.6 is 11.6 Å². The van der Waals surface area contributed by atoms with Crippen molar-refractivity contribution in [1.29, 1.82) is 0 Å². The van der Waals surface area contributed by atoms with E-state index in [0.29, 0.717) is 10.7 Å². The SMILES string of the molecule is CC(C)C(=O)c1cc2cccc(Cl)c2[nH]1. The number of aromatic nitrogens is 1. The number of H-pyrrole nitrogens is 1. The molecule has 0 aliphatic heterocycles. The molecule has 2 nitrogen and oxygen atoms in total. The van der Waals surface area contributed by atoms with Crippen molar-refractivity contribution in [3.63, 3.8) is 0 Å². The normalized spacial score (nSPS) is 11.2.